The molecule has 1 aromatic heterocycles. The number of carboxylic acid groups (broad SMARTS) is 1. The zero-order valence-electron chi connectivity index (χ0n) is 9.97. The predicted molar refractivity (Wildman–Crippen MR) is 59.9 cm³/mol. The molecule has 0 atom stereocenters. The van der Waals surface area contributed by atoms with Gasteiger partial charge in [0.1, 0.15) is 0 Å². The summed E-state index contributed by atoms with van der Waals surface area (Å²) < 4.78 is 4.53. The van der Waals surface area contributed by atoms with Gasteiger partial charge in [-0.05, 0) is 6.42 Å². The molecule has 0 aliphatic rings. The molecule has 6 nitrogen and oxygen atoms in total. The summed E-state index contributed by atoms with van der Waals surface area (Å²) in [5.74, 6) is -1.88. The summed E-state index contributed by atoms with van der Waals surface area (Å²) >= 11 is 0. The fourth-order valence-corrected chi connectivity index (χ4v) is 1.37. The van der Waals surface area contributed by atoms with Gasteiger partial charge in [-0.15, -0.1) is 0 Å². The fraction of sp³-hybridized carbons (Fsp3) is 0.545. The van der Waals surface area contributed by atoms with Crippen molar-refractivity contribution in [3.05, 3.63) is 17.5 Å². The topological polar surface area (TPSA) is 83.6 Å². The van der Waals surface area contributed by atoms with Gasteiger partial charge in [-0.1, -0.05) is 24.9 Å². The van der Waals surface area contributed by atoms with E-state index in [1.807, 2.05) is 0 Å². The molecular formula is C11H16N2O4. The molecule has 0 saturated carbocycles. The molecule has 1 aromatic rings. The maximum atomic E-state index is 11.8. The van der Waals surface area contributed by atoms with Crippen molar-refractivity contribution >= 4 is 11.9 Å². The monoisotopic (exact) mass is 240 g/mol. The highest BCUT2D eigenvalue weighted by molar-refractivity contribution is 5.94. The lowest BCUT2D eigenvalue weighted by Gasteiger charge is -2.14. The van der Waals surface area contributed by atoms with Crippen molar-refractivity contribution in [1.82, 2.24) is 10.1 Å². The van der Waals surface area contributed by atoms with Gasteiger partial charge in [-0.25, -0.2) is 4.79 Å². The van der Waals surface area contributed by atoms with Crippen molar-refractivity contribution in [2.75, 3.05) is 13.6 Å². The van der Waals surface area contributed by atoms with Crippen LogP contribution in [0.4, 0.5) is 0 Å². The summed E-state index contributed by atoms with van der Waals surface area (Å²) in [7, 11) is 1.66. The fourth-order valence-electron chi connectivity index (χ4n) is 1.37. The molecule has 6 heteroatoms. The first-order chi connectivity index (χ1) is 8.06. The van der Waals surface area contributed by atoms with Gasteiger partial charge in [-0.2, -0.15) is 0 Å². The molecule has 17 heavy (non-hydrogen) atoms. The normalized spacial score (nSPS) is 10.2. The van der Waals surface area contributed by atoms with Gasteiger partial charge in [0.15, 0.2) is 5.69 Å². The molecule has 0 aromatic carbocycles. The quantitative estimate of drug-likeness (QED) is 0.764. The Morgan fingerprint density at radius 1 is 1.47 bits per heavy atom. The molecule has 1 heterocycles. The average molecular weight is 240 g/mol. The molecule has 0 unspecified atom stereocenters. The van der Waals surface area contributed by atoms with Gasteiger partial charge in [-0.3, -0.25) is 4.79 Å². The third kappa shape index (κ3) is 3.58. The Morgan fingerprint density at radius 2 is 2.18 bits per heavy atom. The Balaban J connectivity index is 2.58. The second-order valence-electron chi connectivity index (χ2n) is 3.82. The molecule has 0 radical (unpaired) electrons. The number of unbranched alkanes of at least 4 members (excludes halogenated alkanes) is 2. The Labute approximate surface area is 99.2 Å². The van der Waals surface area contributed by atoms with E-state index in [0.29, 0.717) is 6.54 Å². The lowest BCUT2D eigenvalue weighted by atomic mass is 10.2. The number of carboxylic acids is 1. The molecule has 0 saturated heterocycles. The van der Waals surface area contributed by atoms with Crippen LogP contribution in [-0.2, 0) is 0 Å². The van der Waals surface area contributed by atoms with Crippen molar-refractivity contribution in [1.29, 1.82) is 0 Å². The summed E-state index contributed by atoms with van der Waals surface area (Å²) in [5, 5.41) is 12.1. The first-order valence-electron chi connectivity index (χ1n) is 5.51. The second-order valence-corrected chi connectivity index (χ2v) is 3.82. The molecule has 0 bridgehead atoms. The standard InChI is InChI=1S/C11H16N2O4/c1-3-4-5-6-13(2)10(14)8-7-9(11(15)16)17-12-8/h7H,3-6H2,1-2H3,(H,15,16). The molecule has 1 N–H and O–H groups in total. The van der Waals surface area contributed by atoms with E-state index < -0.39 is 5.97 Å². The van der Waals surface area contributed by atoms with E-state index in [0.717, 1.165) is 25.3 Å². The van der Waals surface area contributed by atoms with E-state index in [1.54, 1.807) is 7.05 Å². The van der Waals surface area contributed by atoms with Crippen molar-refractivity contribution in [3.63, 3.8) is 0 Å². The minimum Gasteiger partial charge on any atom is -0.475 e. The van der Waals surface area contributed by atoms with Crippen LogP contribution >= 0.6 is 0 Å². The van der Waals surface area contributed by atoms with E-state index in [4.69, 9.17) is 5.11 Å². The van der Waals surface area contributed by atoms with E-state index in [1.165, 1.54) is 4.90 Å². The van der Waals surface area contributed by atoms with Crippen LogP contribution in [0.1, 0.15) is 47.2 Å². The van der Waals surface area contributed by atoms with E-state index in [2.05, 4.69) is 16.6 Å². The van der Waals surface area contributed by atoms with Crippen LogP contribution in [0.2, 0.25) is 0 Å². The molecule has 0 aliphatic heterocycles. The lowest BCUT2D eigenvalue weighted by Crippen LogP contribution is -2.27. The number of hydrogen-bond acceptors (Lipinski definition) is 4. The highest BCUT2D eigenvalue weighted by Crippen LogP contribution is 2.07. The van der Waals surface area contributed by atoms with Crippen LogP contribution in [0.25, 0.3) is 0 Å². The highest BCUT2D eigenvalue weighted by Gasteiger charge is 2.19. The number of amides is 1. The number of hydrogen-bond donors (Lipinski definition) is 1. The average Bonchev–Trinajstić information content (AvgIpc) is 2.77. The Hall–Kier alpha value is -1.85. The lowest BCUT2D eigenvalue weighted by molar-refractivity contribution is 0.0649. The largest absolute Gasteiger partial charge is 0.475 e. The number of aromatic nitrogens is 1. The third-order valence-electron chi connectivity index (χ3n) is 2.38. The summed E-state index contributed by atoms with van der Waals surface area (Å²) in [6, 6.07) is 1.14. The zero-order chi connectivity index (χ0) is 12.8. The van der Waals surface area contributed by atoms with Crippen molar-refractivity contribution < 1.29 is 19.2 Å². The van der Waals surface area contributed by atoms with Gasteiger partial charge in [0, 0.05) is 19.7 Å². The smallest absolute Gasteiger partial charge is 0.374 e. The van der Waals surface area contributed by atoms with Crippen molar-refractivity contribution in [3.8, 4) is 0 Å². The molecule has 0 aliphatic carbocycles. The zero-order valence-corrected chi connectivity index (χ0v) is 9.97. The Morgan fingerprint density at radius 3 is 2.71 bits per heavy atom. The Kier molecular flexibility index (Phi) is 4.68. The second kappa shape index (κ2) is 6.03. The SMILES string of the molecule is CCCCCN(C)C(=O)c1cc(C(=O)O)on1. The van der Waals surface area contributed by atoms with Gasteiger partial charge < -0.3 is 14.5 Å². The van der Waals surface area contributed by atoms with Gasteiger partial charge in [0.05, 0.1) is 0 Å². The maximum Gasteiger partial charge on any atom is 0.374 e. The van der Waals surface area contributed by atoms with Crippen LogP contribution < -0.4 is 0 Å². The van der Waals surface area contributed by atoms with Crippen LogP contribution in [0.3, 0.4) is 0 Å². The minimum atomic E-state index is -1.23. The number of nitrogens with zero attached hydrogens (tertiary/aromatic N) is 2. The first-order valence-corrected chi connectivity index (χ1v) is 5.51. The number of carbonyl (C=O) groups is 2. The number of rotatable bonds is 6. The van der Waals surface area contributed by atoms with E-state index in [-0.39, 0.29) is 17.4 Å². The molecular weight excluding hydrogens is 224 g/mol. The predicted octanol–water partition coefficient (Wildman–Crippen LogP) is 1.64. The van der Waals surface area contributed by atoms with E-state index in [9.17, 15) is 9.59 Å². The summed E-state index contributed by atoms with van der Waals surface area (Å²) in [5.41, 5.74) is 0.0291. The van der Waals surface area contributed by atoms with Crippen LogP contribution in [0, 0.1) is 0 Å². The summed E-state index contributed by atoms with van der Waals surface area (Å²) in [6.07, 6.45) is 3.05. The minimum absolute atomic E-state index is 0.0291. The van der Waals surface area contributed by atoms with E-state index >= 15 is 0 Å². The number of aromatic carboxylic acids is 1. The molecule has 94 valence electrons. The van der Waals surface area contributed by atoms with Crippen molar-refractivity contribution in [2.45, 2.75) is 26.2 Å². The summed E-state index contributed by atoms with van der Waals surface area (Å²) in [4.78, 5) is 23.9. The van der Waals surface area contributed by atoms with Gasteiger partial charge >= 0.3 is 5.97 Å². The van der Waals surface area contributed by atoms with Crippen molar-refractivity contribution in [2.24, 2.45) is 0 Å². The highest BCUT2D eigenvalue weighted by atomic mass is 16.5. The Bertz CT molecular complexity index is 400. The third-order valence-corrected chi connectivity index (χ3v) is 2.38. The number of carbonyl (C=O) groups excluding carboxylic acids is 1. The van der Waals surface area contributed by atoms with Gasteiger partial charge in [0.25, 0.3) is 5.91 Å². The maximum absolute atomic E-state index is 11.8. The molecule has 0 fully saturated rings. The molecule has 1 rings (SSSR count). The summed E-state index contributed by atoms with van der Waals surface area (Å²) in [6.45, 7) is 2.71. The van der Waals surface area contributed by atoms with Crippen LogP contribution in [0.15, 0.2) is 10.6 Å². The van der Waals surface area contributed by atoms with Crippen LogP contribution in [-0.4, -0.2) is 40.6 Å². The molecule has 0 spiro atoms. The van der Waals surface area contributed by atoms with Crippen LogP contribution in [0.5, 0.6) is 0 Å². The first kappa shape index (κ1) is 13.2. The molecule has 1 amide bonds. The van der Waals surface area contributed by atoms with Gasteiger partial charge in [0.2, 0.25) is 5.76 Å².